The number of anilines is 2. The first kappa shape index (κ1) is 16.1. The molecule has 130 valence electrons. The van der Waals surface area contributed by atoms with E-state index in [1.165, 1.54) is 0 Å². The Bertz CT molecular complexity index is 998. The average Bonchev–Trinajstić information content (AvgIpc) is 3.12. The summed E-state index contributed by atoms with van der Waals surface area (Å²) in [6.45, 7) is 3.41. The largest absolute Gasteiger partial charge is 0.337 e. The second-order valence-electron chi connectivity index (χ2n) is 5.96. The molecule has 8 nitrogen and oxygen atoms in total. The number of hydrogen-bond acceptors (Lipinski definition) is 6. The maximum atomic E-state index is 12.7. The van der Waals surface area contributed by atoms with Crippen molar-refractivity contribution in [1.29, 1.82) is 5.26 Å². The van der Waals surface area contributed by atoms with Crippen molar-refractivity contribution in [3.63, 3.8) is 0 Å². The molecule has 1 amide bonds. The van der Waals surface area contributed by atoms with Gasteiger partial charge in [-0.05, 0) is 24.3 Å². The van der Waals surface area contributed by atoms with Crippen LogP contribution in [0.4, 0.5) is 11.6 Å². The smallest absolute Gasteiger partial charge is 0.274 e. The molecule has 0 bridgehead atoms. The normalized spacial score (nSPS) is 14.2. The van der Waals surface area contributed by atoms with E-state index < -0.39 is 0 Å². The molecule has 1 fully saturated rings. The van der Waals surface area contributed by atoms with Gasteiger partial charge in [0, 0.05) is 26.2 Å². The van der Waals surface area contributed by atoms with E-state index in [2.05, 4.69) is 31.7 Å². The standard InChI is InChI=1S/C18H17N7O/c19-11-13-3-1-2-4-15(13)22-17(26)16-6-5-14-12-21-18(23-25(14)16)24-9-7-20-8-10-24/h1-6,12,20H,7-10H2,(H,22,26). The van der Waals surface area contributed by atoms with Crippen molar-refractivity contribution < 1.29 is 4.79 Å². The molecule has 8 heteroatoms. The number of hydrogen-bond donors (Lipinski definition) is 2. The van der Waals surface area contributed by atoms with E-state index in [1.807, 2.05) is 0 Å². The van der Waals surface area contributed by atoms with Gasteiger partial charge in [0.2, 0.25) is 5.95 Å². The zero-order valence-electron chi connectivity index (χ0n) is 14.0. The molecule has 3 aromatic rings. The molecule has 3 heterocycles. The Labute approximate surface area is 150 Å². The Balaban J connectivity index is 1.65. The Kier molecular flexibility index (Phi) is 4.21. The van der Waals surface area contributed by atoms with Gasteiger partial charge in [-0.1, -0.05) is 12.1 Å². The monoisotopic (exact) mass is 347 g/mol. The highest BCUT2D eigenvalue weighted by atomic mass is 16.2. The van der Waals surface area contributed by atoms with Crippen LogP contribution in [0, 0.1) is 11.3 Å². The van der Waals surface area contributed by atoms with Crippen LogP contribution in [-0.2, 0) is 0 Å². The molecule has 1 saturated heterocycles. The summed E-state index contributed by atoms with van der Waals surface area (Å²) < 4.78 is 1.59. The summed E-state index contributed by atoms with van der Waals surface area (Å²) in [5, 5.41) is 19.8. The summed E-state index contributed by atoms with van der Waals surface area (Å²) in [6, 6.07) is 12.5. The van der Waals surface area contributed by atoms with Crippen molar-refractivity contribution in [2.75, 3.05) is 36.4 Å². The molecule has 1 aliphatic heterocycles. The second-order valence-corrected chi connectivity index (χ2v) is 5.96. The van der Waals surface area contributed by atoms with Gasteiger partial charge in [-0.2, -0.15) is 5.26 Å². The summed E-state index contributed by atoms with van der Waals surface area (Å²) in [6.07, 6.45) is 1.71. The number of carbonyl (C=O) groups is 1. The number of nitrogens with zero attached hydrogens (tertiary/aromatic N) is 5. The van der Waals surface area contributed by atoms with Crippen LogP contribution in [0.5, 0.6) is 0 Å². The third-order valence-corrected chi connectivity index (χ3v) is 4.31. The van der Waals surface area contributed by atoms with Gasteiger partial charge in [-0.15, -0.1) is 5.10 Å². The Hall–Kier alpha value is -3.44. The van der Waals surface area contributed by atoms with Gasteiger partial charge in [-0.3, -0.25) is 4.79 Å². The van der Waals surface area contributed by atoms with E-state index in [0.717, 1.165) is 31.7 Å². The van der Waals surface area contributed by atoms with Gasteiger partial charge in [-0.25, -0.2) is 9.50 Å². The SMILES string of the molecule is N#Cc1ccccc1NC(=O)c1ccc2cnc(N3CCNCC3)nn12. The molecule has 2 aromatic heterocycles. The summed E-state index contributed by atoms with van der Waals surface area (Å²) in [5.41, 5.74) is 2.03. The fourth-order valence-electron chi connectivity index (χ4n) is 2.95. The fraction of sp³-hybridized carbons (Fsp3) is 0.222. The van der Waals surface area contributed by atoms with Crippen LogP contribution in [0.25, 0.3) is 5.52 Å². The van der Waals surface area contributed by atoms with E-state index in [0.29, 0.717) is 22.9 Å². The highest BCUT2D eigenvalue weighted by molar-refractivity contribution is 6.04. The van der Waals surface area contributed by atoms with E-state index in [4.69, 9.17) is 0 Å². The zero-order chi connectivity index (χ0) is 17.9. The van der Waals surface area contributed by atoms with Gasteiger partial charge < -0.3 is 15.5 Å². The zero-order valence-corrected chi connectivity index (χ0v) is 14.0. The maximum absolute atomic E-state index is 12.7. The summed E-state index contributed by atoms with van der Waals surface area (Å²) in [7, 11) is 0. The minimum atomic E-state index is -0.322. The molecule has 0 spiro atoms. The van der Waals surface area contributed by atoms with Crippen molar-refractivity contribution in [2.24, 2.45) is 0 Å². The second kappa shape index (κ2) is 6.82. The molecular formula is C18H17N7O. The fourth-order valence-corrected chi connectivity index (χ4v) is 2.95. The van der Waals surface area contributed by atoms with E-state index in [9.17, 15) is 10.1 Å². The molecule has 0 aliphatic carbocycles. The van der Waals surface area contributed by atoms with Crippen LogP contribution in [0.2, 0.25) is 0 Å². The van der Waals surface area contributed by atoms with Crippen LogP contribution in [0.3, 0.4) is 0 Å². The van der Waals surface area contributed by atoms with Crippen LogP contribution < -0.4 is 15.5 Å². The van der Waals surface area contributed by atoms with Crippen LogP contribution in [0.1, 0.15) is 16.1 Å². The van der Waals surface area contributed by atoms with Crippen molar-refractivity contribution in [2.45, 2.75) is 0 Å². The number of benzene rings is 1. The first-order valence-electron chi connectivity index (χ1n) is 8.37. The Morgan fingerprint density at radius 3 is 2.81 bits per heavy atom. The molecule has 4 rings (SSSR count). The lowest BCUT2D eigenvalue weighted by Gasteiger charge is -2.27. The van der Waals surface area contributed by atoms with Crippen molar-refractivity contribution in [1.82, 2.24) is 19.9 Å². The number of fused-ring (bicyclic) bond motifs is 1. The van der Waals surface area contributed by atoms with Gasteiger partial charge in [0.25, 0.3) is 5.91 Å². The number of para-hydroxylation sites is 1. The van der Waals surface area contributed by atoms with E-state index >= 15 is 0 Å². The van der Waals surface area contributed by atoms with E-state index in [1.54, 1.807) is 47.1 Å². The first-order valence-corrected chi connectivity index (χ1v) is 8.37. The maximum Gasteiger partial charge on any atom is 0.274 e. The molecule has 0 atom stereocenters. The molecule has 1 aromatic carbocycles. The van der Waals surface area contributed by atoms with Crippen molar-refractivity contribution in [3.8, 4) is 6.07 Å². The lowest BCUT2D eigenvalue weighted by Crippen LogP contribution is -2.44. The molecule has 0 radical (unpaired) electrons. The Morgan fingerprint density at radius 2 is 2.00 bits per heavy atom. The first-order chi connectivity index (χ1) is 12.8. The molecule has 26 heavy (non-hydrogen) atoms. The average molecular weight is 347 g/mol. The molecule has 2 N–H and O–H groups in total. The van der Waals surface area contributed by atoms with Crippen LogP contribution >= 0.6 is 0 Å². The van der Waals surface area contributed by atoms with Gasteiger partial charge in [0.15, 0.2) is 0 Å². The predicted octanol–water partition coefficient (Wildman–Crippen LogP) is 1.26. The predicted molar refractivity (Wildman–Crippen MR) is 97.2 cm³/mol. The summed E-state index contributed by atoms with van der Waals surface area (Å²) in [5.74, 6) is 0.277. The quantitative estimate of drug-likeness (QED) is 0.740. The number of nitrogens with one attached hydrogen (secondary N) is 2. The minimum absolute atomic E-state index is 0.322. The number of nitriles is 1. The highest BCUT2D eigenvalue weighted by Crippen LogP contribution is 2.17. The molecule has 1 aliphatic rings. The lowest BCUT2D eigenvalue weighted by atomic mass is 10.2. The van der Waals surface area contributed by atoms with E-state index in [-0.39, 0.29) is 5.91 Å². The number of amides is 1. The van der Waals surface area contributed by atoms with Gasteiger partial charge in [0.1, 0.15) is 11.8 Å². The minimum Gasteiger partial charge on any atom is -0.337 e. The lowest BCUT2D eigenvalue weighted by molar-refractivity contribution is 0.102. The Morgan fingerprint density at radius 1 is 1.19 bits per heavy atom. The highest BCUT2D eigenvalue weighted by Gasteiger charge is 2.17. The summed E-state index contributed by atoms with van der Waals surface area (Å²) in [4.78, 5) is 19.2. The summed E-state index contributed by atoms with van der Waals surface area (Å²) >= 11 is 0. The third-order valence-electron chi connectivity index (χ3n) is 4.31. The van der Waals surface area contributed by atoms with Crippen molar-refractivity contribution in [3.05, 3.63) is 53.9 Å². The number of aromatic nitrogens is 3. The topological polar surface area (TPSA) is 98.3 Å². The van der Waals surface area contributed by atoms with Crippen molar-refractivity contribution >= 4 is 23.1 Å². The van der Waals surface area contributed by atoms with Gasteiger partial charge >= 0.3 is 0 Å². The third kappa shape index (κ3) is 2.96. The molecule has 0 saturated carbocycles. The number of piperazine rings is 1. The van der Waals surface area contributed by atoms with Crippen LogP contribution in [0.15, 0.2) is 42.6 Å². The van der Waals surface area contributed by atoms with Gasteiger partial charge in [0.05, 0.1) is 23.0 Å². The number of rotatable bonds is 3. The molecule has 0 unspecified atom stereocenters. The number of carbonyl (C=O) groups excluding carboxylic acids is 1. The van der Waals surface area contributed by atoms with Crippen LogP contribution in [-0.4, -0.2) is 46.7 Å². The molecular weight excluding hydrogens is 330 g/mol.